The van der Waals surface area contributed by atoms with E-state index in [1.54, 1.807) is 6.07 Å². The molecule has 2 nitrogen and oxygen atoms in total. The first-order valence-electron chi connectivity index (χ1n) is 11.0. The van der Waals surface area contributed by atoms with Crippen LogP contribution in [0, 0.1) is 11.3 Å². The number of hydrogen-bond donors (Lipinski definition) is 0. The predicted octanol–water partition coefficient (Wildman–Crippen LogP) is 7.12. The lowest BCUT2D eigenvalue weighted by atomic mass is 9.83. The molecule has 2 atom stereocenters. The van der Waals surface area contributed by atoms with Crippen molar-refractivity contribution in [3.8, 4) is 6.07 Å². The van der Waals surface area contributed by atoms with Crippen molar-refractivity contribution in [2.45, 2.75) is 61.0 Å². The standard InChI is InChI=1S/C24H31Br2N.C2H3N/c1-27(18-16-19-7-3-2-4-8-19)17-6-9-20-12-14-21(15-13-20)24-22(25)10-5-11-23(24)26;1-2-3/h2-4,7-8,12-15,22-24H,5-6,9-11,16-18H2,1H3;1H3. The molecule has 0 aliphatic heterocycles. The van der Waals surface area contributed by atoms with Crippen LogP contribution in [0.1, 0.15) is 55.2 Å². The molecule has 162 valence electrons. The molecule has 0 N–H and O–H groups in total. The fourth-order valence-electron chi connectivity index (χ4n) is 4.05. The zero-order chi connectivity index (χ0) is 21.8. The van der Waals surface area contributed by atoms with Crippen LogP contribution in [0.5, 0.6) is 0 Å². The van der Waals surface area contributed by atoms with E-state index < -0.39 is 0 Å². The maximum atomic E-state index is 7.32. The number of hydrogen-bond acceptors (Lipinski definition) is 2. The van der Waals surface area contributed by atoms with Crippen LogP contribution >= 0.6 is 31.9 Å². The maximum absolute atomic E-state index is 7.32. The van der Waals surface area contributed by atoms with E-state index in [0.29, 0.717) is 15.6 Å². The molecule has 0 radical (unpaired) electrons. The van der Waals surface area contributed by atoms with Gasteiger partial charge in [-0.1, -0.05) is 92.9 Å². The van der Waals surface area contributed by atoms with Crippen molar-refractivity contribution in [2.75, 3.05) is 20.1 Å². The normalized spacial score (nSPS) is 20.9. The molecule has 4 heteroatoms. The Morgan fingerprint density at radius 3 is 2.07 bits per heavy atom. The number of aryl methyl sites for hydroxylation is 1. The Morgan fingerprint density at radius 1 is 0.900 bits per heavy atom. The molecule has 2 aromatic carbocycles. The summed E-state index contributed by atoms with van der Waals surface area (Å²) in [5.41, 5.74) is 4.36. The van der Waals surface area contributed by atoms with Gasteiger partial charge in [0.1, 0.15) is 0 Å². The van der Waals surface area contributed by atoms with Crippen molar-refractivity contribution < 1.29 is 0 Å². The molecule has 0 saturated heterocycles. The maximum Gasteiger partial charge on any atom is 0.0587 e. The first kappa shape index (κ1) is 25.1. The fourth-order valence-corrected chi connectivity index (χ4v) is 6.45. The lowest BCUT2D eigenvalue weighted by Crippen LogP contribution is -2.26. The fraction of sp³-hybridized carbons (Fsp3) is 0.500. The molecule has 1 aliphatic rings. The highest BCUT2D eigenvalue weighted by molar-refractivity contribution is 9.10. The lowest BCUT2D eigenvalue weighted by molar-refractivity contribution is 0.333. The first-order valence-corrected chi connectivity index (χ1v) is 12.8. The van der Waals surface area contributed by atoms with Gasteiger partial charge in [0.2, 0.25) is 0 Å². The lowest BCUT2D eigenvalue weighted by Gasteiger charge is -2.32. The predicted molar refractivity (Wildman–Crippen MR) is 136 cm³/mol. The van der Waals surface area contributed by atoms with E-state index in [9.17, 15) is 0 Å². The van der Waals surface area contributed by atoms with Crippen LogP contribution in [0.4, 0.5) is 0 Å². The minimum absolute atomic E-state index is 0.594. The molecule has 0 bridgehead atoms. The molecule has 0 amide bonds. The van der Waals surface area contributed by atoms with Gasteiger partial charge in [-0.15, -0.1) is 0 Å². The van der Waals surface area contributed by atoms with E-state index in [1.165, 1.54) is 49.3 Å². The molecule has 2 unspecified atom stereocenters. The summed E-state index contributed by atoms with van der Waals surface area (Å²) < 4.78 is 0. The van der Waals surface area contributed by atoms with Crippen molar-refractivity contribution in [3.63, 3.8) is 0 Å². The monoisotopic (exact) mass is 532 g/mol. The zero-order valence-corrected chi connectivity index (χ0v) is 21.4. The van der Waals surface area contributed by atoms with Gasteiger partial charge in [0.05, 0.1) is 6.07 Å². The van der Waals surface area contributed by atoms with Crippen LogP contribution in [0.2, 0.25) is 0 Å². The van der Waals surface area contributed by atoms with Crippen molar-refractivity contribution in [2.24, 2.45) is 0 Å². The Bertz CT molecular complexity index is 745. The van der Waals surface area contributed by atoms with Crippen molar-refractivity contribution >= 4 is 31.9 Å². The van der Waals surface area contributed by atoms with E-state index in [4.69, 9.17) is 5.26 Å². The van der Waals surface area contributed by atoms with Gasteiger partial charge in [-0.05, 0) is 62.4 Å². The molecule has 3 rings (SSSR count). The number of benzene rings is 2. The van der Waals surface area contributed by atoms with Crippen molar-refractivity contribution in [1.29, 1.82) is 5.26 Å². The van der Waals surface area contributed by atoms with Gasteiger partial charge in [-0.25, -0.2) is 0 Å². The highest BCUT2D eigenvalue weighted by Crippen LogP contribution is 2.41. The third-order valence-corrected chi connectivity index (χ3v) is 7.79. The summed E-state index contributed by atoms with van der Waals surface area (Å²) >= 11 is 7.81. The van der Waals surface area contributed by atoms with Gasteiger partial charge >= 0.3 is 0 Å². The van der Waals surface area contributed by atoms with E-state index in [1.807, 2.05) is 0 Å². The smallest absolute Gasteiger partial charge is 0.0587 e. The Morgan fingerprint density at radius 2 is 1.47 bits per heavy atom. The zero-order valence-electron chi connectivity index (χ0n) is 18.2. The van der Waals surface area contributed by atoms with E-state index in [-0.39, 0.29) is 0 Å². The van der Waals surface area contributed by atoms with Gasteiger partial charge in [0, 0.05) is 29.0 Å². The van der Waals surface area contributed by atoms with E-state index >= 15 is 0 Å². The van der Waals surface area contributed by atoms with Crippen molar-refractivity contribution in [1.82, 2.24) is 4.90 Å². The highest BCUT2D eigenvalue weighted by Gasteiger charge is 2.31. The number of alkyl halides is 2. The molecule has 1 saturated carbocycles. The second-order valence-corrected chi connectivity index (χ2v) is 10.4. The van der Waals surface area contributed by atoms with Gasteiger partial charge in [0.15, 0.2) is 0 Å². The third kappa shape index (κ3) is 8.53. The quantitative estimate of drug-likeness (QED) is 0.338. The topological polar surface area (TPSA) is 27.0 Å². The molecule has 1 fully saturated rings. The summed E-state index contributed by atoms with van der Waals surface area (Å²) in [5.74, 6) is 0.594. The van der Waals surface area contributed by atoms with Crippen LogP contribution in [-0.4, -0.2) is 34.7 Å². The molecular formula is C26H34Br2N2. The molecule has 0 spiro atoms. The molecule has 0 heterocycles. The molecule has 30 heavy (non-hydrogen) atoms. The van der Waals surface area contributed by atoms with Crippen LogP contribution < -0.4 is 0 Å². The highest BCUT2D eigenvalue weighted by atomic mass is 79.9. The summed E-state index contributed by atoms with van der Waals surface area (Å²) in [6.07, 6.45) is 7.40. The number of nitrogens with zero attached hydrogens (tertiary/aromatic N) is 2. The Balaban J connectivity index is 0.00000101. The van der Waals surface area contributed by atoms with Crippen molar-refractivity contribution in [3.05, 3.63) is 71.3 Å². The Hall–Kier alpha value is -1.15. The number of nitriles is 1. The summed E-state index contributed by atoms with van der Waals surface area (Å²) in [6, 6.07) is 21.9. The second-order valence-electron chi connectivity index (χ2n) is 8.10. The second kappa shape index (κ2) is 14.0. The van der Waals surface area contributed by atoms with Crippen LogP contribution in [0.25, 0.3) is 0 Å². The minimum atomic E-state index is 0.594. The average molecular weight is 534 g/mol. The van der Waals surface area contributed by atoms with Gasteiger partial charge in [0.25, 0.3) is 0 Å². The van der Waals surface area contributed by atoms with Gasteiger partial charge in [-0.3, -0.25) is 0 Å². The summed E-state index contributed by atoms with van der Waals surface area (Å²) in [4.78, 5) is 3.65. The number of halogens is 2. The van der Waals surface area contributed by atoms with Gasteiger partial charge < -0.3 is 4.90 Å². The van der Waals surface area contributed by atoms with Crippen LogP contribution in [0.3, 0.4) is 0 Å². The molecular weight excluding hydrogens is 500 g/mol. The Kier molecular flexibility index (Phi) is 11.7. The van der Waals surface area contributed by atoms with Crippen LogP contribution in [0.15, 0.2) is 54.6 Å². The summed E-state index contributed by atoms with van der Waals surface area (Å²) in [6.45, 7) is 3.72. The number of likely N-dealkylation sites (N-methyl/N-ethyl adjacent to an activating group) is 1. The summed E-state index contributed by atoms with van der Waals surface area (Å²) in [5, 5.41) is 7.32. The van der Waals surface area contributed by atoms with Crippen LogP contribution in [-0.2, 0) is 12.8 Å². The van der Waals surface area contributed by atoms with E-state index in [0.717, 1.165) is 25.9 Å². The SMILES string of the molecule is CC#N.CN(CCCc1ccc(C2C(Br)CCCC2Br)cc1)CCc1ccccc1. The minimum Gasteiger partial charge on any atom is -0.306 e. The number of rotatable bonds is 8. The molecule has 0 aromatic heterocycles. The average Bonchev–Trinajstić information content (AvgIpc) is 2.74. The summed E-state index contributed by atoms with van der Waals surface area (Å²) in [7, 11) is 2.24. The molecule has 2 aromatic rings. The molecule has 1 aliphatic carbocycles. The third-order valence-electron chi connectivity index (χ3n) is 5.73. The first-order chi connectivity index (χ1) is 14.5. The Labute approximate surface area is 199 Å². The van der Waals surface area contributed by atoms with E-state index in [2.05, 4.69) is 98.4 Å². The van der Waals surface area contributed by atoms with Gasteiger partial charge in [-0.2, -0.15) is 5.26 Å². The largest absolute Gasteiger partial charge is 0.306 e.